The number of hydrogen-bond acceptors (Lipinski definition) is 3. The van der Waals surface area contributed by atoms with Crippen LogP contribution in [0.1, 0.15) is 0 Å². The monoisotopic (exact) mass is 410 g/mol. The fourth-order valence-corrected chi connectivity index (χ4v) is 9.54. The Morgan fingerprint density at radius 2 is 1.27 bits per heavy atom. The summed E-state index contributed by atoms with van der Waals surface area (Å²) >= 11 is 0. The summed E-state index contributed by atoms with van der Waals surface area (Å²) in [6.07, 6.45) is 0. The molecule has 1 aliphatic heterocycles. The number of rotatable bonds is 5. The molecule has 0 spiro atoms. The summed E-state index contributed by atoms with van der Waals surface area (Å²) in [7, 11) is -1.04. The first-order valence-corrected chi connectivity index (χ1v) is 12.0. The van der Waals surface area contributed by atoms with Crippen molar-refractivity contribution in [2.24, 2.45) is 0 Å². The third-order valence-corrected chi connectivity index (χ3v) is 10.5. The van der Waals surface area contributed by atoms with Crippen LogP contribution in [-0.4, -0.2) is 22.0 Å². The molecule has 0 amide bonds. The van der Waals surface area contributed by atoms with Crippen LogP contribution in [0.4, 0.5) is 0 Å². The molecular formula is C26H22O3Si. The third kappa shape index (κ3) is 2.84. The molecule has 5 rings (SSSR count). The Hall–Kier alpha value is -3.34. The van der Waals surface area contributed by atoms with Crippen molar-refractivity contribution in [3.8, 4) is 17.2 Å². The fraction of sp³-hybridized carbons (Fsp3) is 0.0769. The van der Waals surface area contributed by atoms with Gasteiger partial charge in [0, 0.05) is 12.3 Å². The van der Waals surface area contributed by atoms with E-state index >= 15 is 0 Å². The zero-order valence-corrected chi connectivity index (χ0v) is 17.7. The van der Waals surface area contributed by atoms with Gasteiger partial charge in [0.15, 0.2) is 14.9 Å². The van der Waals surface area contributed by atoms with E-state index in [1.54, 1.807) is 7.11 Å². The van der Waals surface area contributed by atoms with Crippen LogP contribution in [0, 0.1) is 0 Å². The predicted molar refractivity (Wildman–Crippen MR) is 123 cm³/mol. The van der Waals surface area contributed by atoms with Crippen LogP contribution < -0.4 is 30.2 Å². The van der Waals surface area contributed by atoms with Gasteiger partial charge in [-0.1, -0.05) is 84.9 Å². The van der Waals surface area contributed by atoms with Gasteiger partial charge in [0.05, 0.1) is 0 Å². The van der Waals surface area contributed by atoms with Crippen LogP contribution in [0.2, 0.25) is 0 Å². The quantitative estimate of drug-likeness (QED) is 0.329. The maximum absolute atomic E-state index is 6.41. The average Bonchev–Trinajstić information content (AvgIpc) is 2.82. The molecule has 0 atom stereocenters. The van der Waals surface area contributed by atoms with E-state index in [-0.39, 0.29) is 6.79 Å². The number of benzene rings is 4. The lowest BCUT2D eigenvalue weighted by Crippen LogP contribution is -2.76. The average molecular weight is 411 g/mol. The minimum atomic E-state index is -2.68. The third-order valence-electron chi connectivity index (χ3n) is 5.62. The molecule has 148 valence electrons. The molecule has 0 aromatic heterocycles. The smallest absolute Gasteiger partial charge is 0.193 e. The molecule has 1 aliphatic rings. The number of ether oxygens (including phenoxy) is 3. The van der Waals surface area contributed by atoms with E-state index in [1.807, 2.05) is 24.3 Å². The van der Waals surface area contributed by atoms with Gasteiger partial charge in [0.1, 0.15) is 17.2 Å². The van der Waals surface area contributed by atoms with Gasteiger partial charge in [-0.25, -0.2) is 0 Å². The van der Waals surface area contributed by atoms with Gasteiger partial charge in [0.25, 0.3) is 0 Å². The zero-order chi connectivity index (χ0) is 20.4. The summed E-state index contributed by atoms with van der Waals surface area (Å²) in [6, 6.07) is 36.0. The van der Waals surface area contributed by atoms with Crippen molar-refractivity contribution in [3.05, 3.63) is 103 Å². The molecule has 4 aromatic carbocycles. The highest BCUT2D eigenvalue weighted by atomic mass is 28.3. The van der Waals surface area contributed by atoms with Crippen molar-refractivity contribution in [2.45, 2.75) is 0 Å². The summed E-state index contributed by atoms with van der Waals surface area (Å²) in [4.78, 5) is 0. The van der Waals surface area contributed by atoms with E-state index in [4.69, 9.17) is 14.2 Å². The van der Waals surface area contributed by atoms with Gasteiger partial charge in [-0.3, -0.25) is 0 Å². The summed E-state index contributed by atoms with van der Waals surface area (Å²) in [5, 5.41) is 4.94. The van der Waals surface area contributed by atoms with E-state index in [2.05, 4.69) is 78.9 Å². The van der Waals surface area contributed by atoms with Gasteiger partial charge in [-0.2, -0.15) is 0 Å². The standard InChI is InChI=1S/C26H22O3Si/c1-27-19-28-23-16-10-17-24-26(23)30(20-11-4-2-5-12-20,21-13-6-3-7-14-21)25-18-9-8-15-22(25)29-24/h2-18H,19H2,1H3. The van der Waals surface area contributed by atoms with Crippen molar-refractivity contribution in [2.75, 3.05) is 13.9 Å². The summed E-state index contributed by atoms with van der Waals surface area (Å²) < 4.78 is 17.7. The highest BCUT2D eigenvalue weighted by Crippen LogP contribution is 2.32. The van der Waals surface area contributed by atoms with Crippen molar-refractivity contribution in [3.63, 3.8) is 0 Å². The SMILES string of the molecule is COCOc1cccc2c1[Si](c1ccccc1)(c1ccccc1)c1ccccc1O2. The van der Waals surface area contributed by atoms with Crippen molar-refractivity contribution < 1.29 is 14.2 Å². The maximum atomic E-state index is 6.41. The summed E-state index contributed by atoms with van der Waals surface area (Å²) in [6.45, 7) is 0.187. The molecule has 1 heterocycles. The largest absolute Gasteiger partial charge is 0.468 e. The van der Waals surface area contributed by atoms with Crippen LogP contribution in [0.15, 0.2) is 103 Å². The van der Waals surface area contributed by atoms with E-state index in [9.17, 15) is 0 Å². The van der Waals surface area contributed by atoms with Crippen LogP contribution in [0.3, 0.4) is 0 Å². The van der Waals surface area contributed by atoms with E-state index < -0.39 is 8.07 Å². The van der Waals surface area contributed by atoms with Gasteiger partial charge in [-0.05, 0) is 33.8 Å². The van der Waals surface area contributed by atoms with E-state index in [1.165, 1.54) is 15.6 Å². The highest BCUT2D eigenvalue weighted by Gasteiger charge is 2.49. The molecular weight excluding hydrogens is 388 g/mol. The summed E-state index contributed by atoms with van der Waals surface area (Å²) in [5.74, 6) is 2.57. The van der Waals surface area contributed by atoms with Gasteiger partial charge in [0.2, 0.25) is 0 Å². The lowest BCUT2D eigenvalue weighted by molar-refractivity contribution is 0.0517. The molecule has 0 bridgehead atoms. The van der Waals surface area contributed by atoms with Gasteiger partial charge >= 0.3 is 0 Å². The Kier molecular flexibility index (Phi) is 4.87. The Morgan fingerprint density at radius 1 is 0.667 bits per heavy atom. The molecule has 0 unspecified atom stereocenters. The van der Waals surface area contributed by atoms with E-state index in [0.29, 0.717) is 0 Å². The number of fused-ring (bicyclic) bond motifs is 2. The maximum Gasteiger partial charge on any atom is 0.193 e. The van der Waals surface area contributed by atoms with Crippen molar-refractivity contribution >= 4 is 28.8 Å². The topological polar surface area (TPSA) is 27.7 Å². The lowest BCUT2D eigenvalue weighted by Gasteiger charge is -2.40. The van der Waals surface area contributed by atoms with Crippen LogP contribution >= 0.6 is 0 Å². The molecule has 0 saturated carbocycles. The number of para-hydroxylation sites is 1. The Morgan fingerprint density at radius 3 is 1.93 bits per heavy atom. The minimum absolute atomic E-state index is 0.187. The van der Waals surface area contributed by atoms with Crippen molar-refractivity contribution in [1.29, 1.82) is 0 Å². The number of methoxy groups -OCH3 is 1. The van der Waals surface area contributed by atoms with E-state index in [0.717, 1.165) is 22.4 Å². The van der Waals surface area contributed by atoms with Crippen LogP contribution in [-0.2, 0) is 4.74 Å². The molecule has 0 aliphatic carbocycles. The first-order chi connectivity index (χ1) is 14.9. The normalized spacial score (nSPS) is 13.6. The zero-order valence-electron chi connectivity index (χ0n) is 16.7. The lowest BCUT2D eigenvalue weighted by atomic mass is 10.3. The highest BCUT2D eigenvalue weighted by molar-refractivity contribution is 7.21. The molecule has 3 nitrogen and oxygen atoms in total. The second kappa shape index (κ2) is 7.82. The Labute approximate surface area is 177 Å². The Bertz CT molecular complexity index is 1120. The number of hydrogen-bond donors (Lipinski definition) is 0. The molecule has 0 fully saturated rings. The second-order valence-electron chi connectivity index (χ2n) is 7.26. The first-order valence-electron chi connectivity index (χ1n) is 9.99. The molecule has 4 heteroatoms. The summed E-state index contributed by atoms with van der Waals surface area (Å²) in [5.41, 5.74) is 0. The molecule has 0 radical (unpaired) electrons. The van der Waals surface area contributed by atoms with Crippen molar-refractivity contribution in [1.82, 2.24) is 0 Å². The molecule has 30 heavy (non-hydrogen) atoms. The first kappa shape index (κ1) is 18.7. The van der Waals surface area contributed by atoms with Crippen LogP contribution in [0.25, 0.3) is 0 Å². The van der Waals surface area contributed by atoms with Gasteiger partial charge in [-0.15, -0.1) is 0 Å². The Balaban J connectivity index is 1.93. The predicted octanol–water partition coefficient (Wildman–Crippen LogP) is 3.15. The molecule has 0 saturated heterocycles. The van der Waals surface area contributed by atoms with Crippen LogP contribution in [0.5, 0.6) is 17.2 Å². The second-order valence-corrected chi connectivity index (χ2v) is 11.0. The molecule has 4 aromatic rings. The molecule has 0 N–H and O–H groups in total. The van der Waals surface area contributed by atoms with Gasteiger partial charge < -0.3 is 14.2 Å². The fourth-order valence-electron chi connectivity index (χ4n) is 4.47. The minimum Gasteiger partial charge on any atom is -0.468 e.